The van der Waals surface area contributed by atoms with Crippen molar-refractivity contribution in [1.29, 1.82) is 0 Å². The molecule has 0 spiro atoms. The first-order chi connectivity index (χ1) is 7.20. The molecule has 0 aliphatic heterocycles. The van der Waals surface area contributed by atoms with Gasteiger partial charge in [-0.05, 0) is 12.1 Å². The van der Waals surface area contributed by atoms with Crippen LogP contribution in [0.25, 0.3) is 10.9 Å². The Morgan fingerprint density at radius 3 is 2.40 bits per heavy atom. The Morgan fingerprint density at radius 2 is 1.73 bits per heavy atom. The van der Waals surface area contributed by atoms with Gasteiger partial charge in [-0.2, -0.15) is 0 Å². The molecular formula is C12H16NO2+. The number of aromatic nitrogens is 1. The second-order valence-corrected chi connectivity index (χ2v) is 2.99. The second kappa shape index (κ2) is 4.64. The van der Waals surface area contributed by atoms with E-state index in [1.165, 1.54) is 6.07 Å². The van der Waals surface area contributed by atoms with Crippen molar-refractivity contribution in [3.05, 3.63) is 30.5 Å². The fourth-order valence-corrected chi connectivity index (χ4v) is 1.41. The van der Waals surface area contributed by atoms with Crippen molar-refractivity contribution in [3.63, 3.8) is 0 Å². The van der Waals surface area contributed by atoms with E-state index in [4.69, 9.17) is 0 Å². The van der Waals surface area contributed by atoms with Crippen LogP contribution in [0.3, 0.4) is 0 Å². The Bertz CT molecular complexity index is 466. The summed E-state index contributed by atoms with van der Waals surface area (Å²) in [5, 5.41) is 19.4. The van der Waals surface area contributed by atoms with Gasteiger partial charge >= 0.3 is 0 Å². The highest BCUT2D eigenvalue weighted by Crippen LogP contribution is 2.31. The van der Waals surface area contributed by atoms with Gasteiger partial charge in [-0.1, -0.05) is 13.8 Å². The Kier molecular flexibility index (Phi) is 3.50. The topological polar surface area (TPSA) is 44.3 Å². The summed E-state index contributed by atoms with van der Waals surface area (Å²) in [6, 6.07) is 6.84. The minimum atomic E-state index is -0.0845. The van der Waals surface area contributed by atoms with Gasteiger partial charge in [-0.3, -0.25) is 0 Å². The van der Waals surface area contributed by atoms with Gasteiger partial charge in [0.05, 0.1) is 5.39 Å². The molecule has 0 radical (unpaired) electrons. The van der Waals surface area contributed by atoms with Crippen LogP contribution < -0.4 is 4.57 Å². The zero-order chi connectivity index (χ0) is 11.4. The summed E-state index contributed by atoms with van der Waals surface area (Å²) in [7, 11) is 1.89. The molecule has 3 heteroatoms. The average Bonchev–Trinajstić information content (AvgIpc) is 2.27. The van der Waals surface area contributed by atoms with Gasteiger partial charge in [0.2, 0.25) is 5.52 Å². The summed E-state index contributed by atoms with van der Waals surface area (Å²) < 4.78 is 1.88. The number of fused-ring (bicyclic) bond motifs is 1. The molecular weight excluding hydrogens is 190 g/mol. The fraction of sp³-hybridized carbons (Fsp3) is 0.250. The Hall–Kier alpha value is -1.77. The van der Waals surface area contributed by atoms with E-state index < -0.39 is 0 Å². The van der Waals surface area contributed by atoms with E-state index in [1.54, 1.807) is 12.1 Å². The molecule has 1 aromatic heterocycles. The van der Waals surface area contributed by atoms with E-state index in [0.29, 0.717) is 5.39 Å². The Morgan fingerprint density at radius 1 is 1.07 bits per heavy atom. The predicted octanol–water partition coefficient (Wildman–Crippen LogP) is 2.10. The molecule has 2 rings (SSSR count). The van der Waals surface area contributed by atoms with E-state index in [9.17, 15) is 10.2 Å². The lowest BCUT2D eigenvalue weighted by Crippen LogP contribution is -2.27. The second-order valence-electron chi connectivity index (χ2n) is 2.99. The maximum absolute atomic E-state index is 9.52. The van der Waals surface area contributed by atoms with Crippen molar-refractivity contribution in [1.82, 2.24) is 0 Å². The summed E-state index contributed by atoms with van der Waals surface area (Å²) in [5.41, 5.74) is 0.887. The number of aryl methyl sites for hydroxylation is 1. The molecule has 80 valence electrons. The summed E-state index contributed by atoms with van der Waals surface area (Å²) >= 11 is 0. The molecule has 1 heterocycles. The molecule has 15 heavy (non-hydrogen) atoms. The largest absolute Gasteiger partial charge is 0.504 e. The molecule has 0 saturated carbocycles. The third kappa shape index (κ3) is 2.01. The van der Waals surface area contributed by atoms with Crippen LogP contribution in [0.4, 0.5) is 0 Å². The normalized spacial score (nSPS) is 9.53. The summed E-state index contributed by atoms with van der Waals surface area (Å²) in [6.45, 7) is 4.00. The standard InChI is InChI=1S/C10H9NO2.C2H6/c1-11-6-2-3-7-8(11)4-5-9(12)10(7)13;1-2/h2-6,12H,1H3;1-2H3/p+1. The number of phenolic OH excluding ortho intramolecular Hbond substituents is 2. The molecule has 1 aromatic carbocycles. The van der Waals surface area contributed by atoms with E-state index >= 15 is 0 Å². The first kappa shape index (κ1) is 11.3. The number of hydrogen-bond acceptors (Lipinski definition) is 2. The Balaban J connectivity index is 0.000000531. The number of hydrogen-bond donors (Lipinski definition) is 2. The zero-order valence-corrected chi connectivity index (χ0v) is 9.23. The molecule has 0 saturated heterocycles. The van der Waals surface area contributed by atoms with Gasteiger partial charge in [-0.25, -0.2) is 4.57 Å². The number of rotatable bonds is 0. The van der Waals surface area contributed by atoms with Crippen LogP contribution in [0.15, 0.2) is 30.5 Å². The van der Waals surface area contributed by atoms with Crippen molar-refractivity contribution in [2.24, 2.45) is 7.05 Å². The van der Waals surface area contributed by atoms with E-state index in [1.807, 2.05) is 37.7 Å². The number of benzene rings is 1. The highest BCUT2D eigenvalue weighted by atomic mass is 16.3. The third-order valence-corrected chi connectivity index (χ3v) is 2.13. The third-order valence-electron chi connectivity index (χ3n) is 2.13. The van der Waals surface area contributed by atoms with E-state index in [-0.39, 0.29) is 11.5 Å². The molecule has 3 nitrogen and oxygen atoms in total. The van der Waals surface area contributed by atoms with Crippen molar-refractivity contribution >= 4 is 10.9 Å². The molecule has 0 atom stereocenters. The number of nitrogens with zero attached hydrogens (tertiary/aromatic N) is 1. The van der Waals surface area contributed by atoms with E-state index in [2.05, 4.69) is 0 Å². The van der Waals surface area contributed by atoms with Gasteiger partial charge in [0, 0.05) is 12.1 Å². The average molecular weight is 206 g/mol. The maximum atomic E-state index is 9.52. The lowest BCUT2D eigenvalue weighted by Gasteiger charge is -2.00. The van der Waals surface area contributed by atoms with Crippen LogP contribution in [-0.2, 0) is 7.05 Å². The molecule has 0 amide bonds. The lowest BCUT2D eigenvalue weighted by molar-refractivity contribution is -0.644. The molecule has 0 bridgehead atoms. The first-order valence-corrected chi connectivity index (χ1v) is 4.99. The lowest BCUT2D eigenvalue weighted by atomic mass is 10.2. The van der Waals surface area contributed by atoms with Crippen LogP contribution in [0.2, 0.25) is 0 Å². The van der Waals surface area contributed by atoms with Crippen molar-refractivity contribution < 1.29 is 14.8 Å². The van der Waals surface area contributed by atoms with Crippen LogP contribution in [-0.4, -0.2) is 10.2 Å². The van der Waals surface area contributed by atoms with Crippen LogP contribution in [0.1, 0.15) is 13.8 Å². The Labute approximate surface area is 89.2 Å². The van der Waals surface area contributed by atoms with Crippen molar-refractivity contribution in [3.8, 4) is 11.5 Å². The number of aromatic hydroxyl groups is 2. The molecule has 0 aliphatic rings. The summed E-state index contributed by atoms with van der Waals surface area (Å²) in [4.78, 5) is 0. The van der Waals surface area contributed by atoms with E-state index in [0.717, 1.165) is 5.52 Å². The van der Waals surface area contributed by atoms with Crippen molar-refractivity contribution in [2.75, 3.05) is 0 Å². The van der Waals surface area contributed by atoms with Gasteiger partial charge in [0.25, 0.3) is 0 Å². The highest BCUT2D eigenvalue weighted by molar-refractivity contribution is 5.84. The molecule has 0 fully saturated rings. The molecule has 0 unspecified atom stereocenters. The maximum Gasteiger partial charge on any atom is 0.216 e. The number of phenols is 2. The monoisotopic (exact) mass is 206 g/mol. The van der Waals surface area contributed by atoms with Gasteiger partial charge in [0.1, 0.15) is 7.05 Å². The van der Waals surface area contributed by atoms with Gasteiger partial charge < -0.3 is 10.2 Å². The van der Waals surface area contributed by atoms with Crippen LogP contribution >= 0.6 is 0 Å². The molecule has 2 N–H and O–H groups in total. The summed E-state index contributed by atoms with van der Waals surface area (Å²) in [5.74, 6) is -0.146. The predicted molar refractivity (Wildman–Crippen MR) is 59.8 cm³/mol. The zero-order valence-electron chi connectivity index (χ0n) is 9.23. The highest BCUT2D eigenvalue weighted by Gasteiger charge is 2.10. The quantitative estimate of drug-likeness (QED) is 0.512. The van der Waals surface area contributed by atoms with Crippen LogP contribution in [0.5, 0.6) is 11.5 Å². The molecule has 0 aliphatic carbocycles. The molecule has 2 aromatic rings. The van der Waals surface area contributed by atoms with Gasteiger partial charge in [-0.15, -0.1) is 0 Å². The van der Waals surface area contributed by atoms with Crippen LogP contribution in [0, 0.1) is 0 Å². The number of pyridine rings is 1. The SMILES string of the molecule is CC.C[n+]1cccc2c(O)c(O)ccc21. The first-order valence-electron chi connectivity index (χ1n) is 4.99. The van der Waals surface area contributed by atoms with Gasteiger partial charge in [0.15, 0.2) is 17.7 Å². The minimum absolute atomic E-state index is 0.0614. The smallest absolute Gasteiger partial charge is 0.216 e. The summed E-state index contributed by atoms with van der Waals surface area (Å²) in [6.07, 6.45) is 1.89. The minimum Gasteiger partial charge on any atom is -0.504 e. The fourth-order valence-electron chi connectivity index (χ4n) is 1.41. The van der Waals surface area contributed by atoms with Crippen molar-refractivity contribution in [2.45, 2.75) is 13.8 Å².